The minimum absolute atomic E-state index is 0.199. The summed E-state index contributed by atoms with van der Waals surface area (Å²) in [5, 5.41) is 17.8. The van der Waals surface area contributed by atoms with Gasteiger partial charge in [0.25, 0.3) is 0 Å². The Bertz CT molecular complexity index is 427. The molecule has 1 atom stereocenters. The van der Waals surface area contributed by atoms with Gasteiger partial charge in [-0.25, -0.2) is 4.39 Å². The molecular formula is C14H21BF2O3. The molecule has 0 aliphatic carbocycles. The van der Waals surface area contributed by atoms with Gasteiger partial charge in [-0.1, -0.05) is 32.3 Å². The topological polar surface area (TPSA) is 49.7 Å². The number of halogens is 2. The molecule has 0 spiro atoms. The third kappa shape index (κ3) is 4.76. The highest BCUT2D eigenvalue weighted by Gasteiger charge is 2.22. The van der Waals surface area contributed by atoms with E-state index in [2.05, 4.69) is 6.92 Å². The smallest absolute Gasteiger partial charge is 0.488 e. The fraction of sp³-hybridized carbons (Fsp3) is 0.571. The Kier molecular flexibility index (Phi) is 6.95. The van der Waals surface area contributed by atoms with E-state index in [1.54, 1.807) is 6.92 Å². The molecule has 0 aromatic heterocycles. The second-order valence-electron chi connectivity index (χ2n) is 4.93. The molecule has 1 aromatic carbocycles. The lowest BCUT2D eigenvalue weighted by Gasteiger charge is -2.16. The van der Waals surface area contributed by atoms with Crippen LogP contribution in [0.3, 0.4) is 0 Å². The van der Waals surface area contributed by atoms with Crippen LogP contribution in [0.15, 0.2) is 12.1 Å². The van der Waals surface area contributed by atoms with Crippen molar-refractivity contribution in [2.24, 2.45) is 0 Å². The molecular weight excluding hydrogens is 265 g/mol. The van der Waals surface area contributed by atoms with E-state index in [1.165, 1.54) is 6.07 Å². The number of rotatable bonds is 8. The molecule has 0 heterocycles. The van der Waals surface area contributed by atoms with Crippen LogP contribution >= 0.6 is 0 Å². The molecule has 1 aromatic rings. The van der Waals surface area contributed by atoms with Crippen molar-refractivity contribution < 1.29 is 23.6 Å². The van der Waals surface area contributed by atoms with Gasteiger partial charge in [-0.15, -0.1) is 0 Å². The van der Waals surface area contributed by atoms with Crippen LogP contribution in [0, 0.1) is 11.6 Å². The van der Waals surface area contributed by atoms with Crippen LogP contribution in [0.5, 0.6) is 5.75 Å². The average molecular weight is 286 g/mol. The first kappa shape index (κ1) is 16.9. The van der Waals surface area contributed by atoms with Gasteiger partial charge in [-0.05, 0) is 25.8 Å². The Morgan fingerprint density at radius 1 is 1.15 bits per heavy atom. The normalized spacial score (nSPS) is 12.3. The molecule has 0 bridgehead atoms. The molecule has 20 heavy (non-hydrogen) atoms. The van der Waals surface area contributed by atoms with Gasteiger partial charge in [0.2, 0.25) is 0 Å². The predicted molar refractivity (Wildman–Crippen MR) is 75.0 cm³/mol. The van der Waals surface area contributed by atoms with Gasteiger partial charge in [0.1, 0.15) is 0 Å². The van der Waals surface area contributed by atoms with Gasteiger partial charge in [-0.3, -0.25) is 0 Å². The molecule has 0 amide bonds. The lowest BCUT2D eigenvalue weighted by atomic mass is 9.80. The largest absolute Gasteiger partial charge is 0.491 e. The third-order valence-electron chi connectivity index (χ3n) is 3.15. The summed E-state index contributed by atoms with van der Waals surface area (Å²) in [5.41, 5.74) is -0.495. The van der Waals surface area contributed by atoms with E-state index in [9.17, 15) is 8.78 Å². The van der Waals surface area contributed by atoms with Crippen LogP contribution in [0.4, 0.5) is 8.78 Å². The fourth-order valence-electron chi connectivity index (χ4n) is 1.97. The lowest BCUT2D eigenvalue weighted by Crippen LogP contribution is -2.33. The Hall–Kier alpha value is -1.14. The minimum Gasteiger partial charge on any atom is -0.488 e. The van der Waals surface area contributed by atoms with Crippen LogP contribution in [0.2, 0.25) is 0 Å². The number of hydrogen-bond donors (Lipinski definition) is 2. The van der Waals surface area contributed by atoms with Crippen molar-refractivity contribution in [3.05, 3.63) is 23.8 Å². The summed E-state index contributed by atoms with van der Waals surface area (Å²) < 4.78 is 32.6. The number of benzene rings is 1. The maximum Gasteiger partial charge on any atom is 0.491 e. The van der Waals surface area contributed by atoms with E-state index in [0.29, 0.717) is 0 Å². The van der Waals surface area contributed by atoms with Crippen molar-refractivity contribution in [2.75, 3.05) is 0 Å². The van der Waals surface area contributed by atoms with Crippen LogP contribution < -0.4 is 10.2 Å². The van der Waals surface area contributed by atoms with Gasteiger partial charge < -0.3 is 14.8 Å². The van der Waals surface area contributed by atoms with Crippen molar-refractivity contribution in [1.29, 1.82) is 0 Å². The lowest BCUT2D eigenvalue weighted by molar-refractivity contribution is 0.195. The predicted octanol–water partition coefficient (Wildman–Crippen LogP) is 2.38. The Labute approximate surface area is 118 Å². The molecule has 6 heteroatoms. The highest BCUT2D eigenvalue weighted by Crippen LogP contribution is 2.21. The molecule has 3 nitrogen and oxygen atoms in total. The Morgan fingerprint density at radius 2 is 1.85 bits per heavy atom. The molecule has 0 aliphatic heterocycles. The van der Waals surface area contributed by atoms with Gasteiger partial charge in [0, 0.05) is 5.46 Å². The highest BCUT2D eigenvalue weighted by atomic mass is 19.2. The molecule has 1 rings (SSSR count). The molecule has 0 saturated carbocycles. The van der Waals surface area contributed by atoms with Gasteiger partial charge >= 0.3 is 7.12 Å². The SMILES string of the molecule is CCCCCC[C@@H](C)Oc1ccc(B(O)O)c(F)c1F. The van der Waals surface area contributed by atoms with Crippen molar-refractivity contribution in [2.45, 2.75) is 52.1 Å². The first-order valence-corrected chi connectivity index (χ1v) is 6.98. The number of ether oxygens (including phenoxy) is 1. The van der Waals surface area contributed by atoms with Gasteiger partial charge in [-0.2, -0.15) is 4.39 Å². The number of unbranched alkanes of at least 4 members (excludes halogenated alkanes) is 3. The van der Waals surface area contributed by atoms with Crippen LogP contribution in [0.25, 0.3) is 0 Å². The first-order valence-electron chi connectivity index (χ1n) is 6.98. The quantitative estimate of drug-likeness (QED) is 0.570. The summed E-state index contributed by atoms with van der Waals surface area (Å²) in [6, 6.07) is 2.33. The zero-order chi connectivity index (χ0) is 15.1. The Balaban J connectivity index is 2.62. The van der Waals surface area contributed by atoms with Crippen molar-refractivity contribution in [1.82, 2.24) is 0 Å². The molecule has 112 valence electrons. The maximum absolute atomic E-state index is 13.7. The molecule has 0 fully saturated rings. The number of hydrogen-bond acceptors (Lipinski definition) is 3. The monoisotopic (exact) mass is 286 g/mol. The second kappa shape index (κ2) is 8.22. The van der Waals surface area contributed by atoms with Crippen LogP contribution in [-0.4, -0.2) is 23.3 Å². The zero-order valence-corrected chi connectivity index (χ0v) is 11.9. The summed E-state index contributed by atoms with van der Waals surface area (Å²) in [5.74, 6) is -2.67. The molecule has 0 saturated heterocycles. The Morgan fingerprint density at radius 3 is 2.45 bits per heavy atom. The van der Waals surface area contributed by atoms with E-state index < -0.39 is 24.2 Å². The van der Waals surface area contributed by atoms with Gasteiger partial charge in [0.15, 0.2) is 17.4 Å². The third-order valence-corrected chi connectivity index (χ3v) is 3.15. The summed E-state index contributed by atoms with van der Waals surface area (Å²) >= 11 is 0. The molecule has 2 N–H and O–H groups in total. The van der Waals surface area contributed by atoms with E-state index in [0.717, 1.165) is 38.2 Å². The van der Waals surface area contributed by atoms with E-state index in [-0.39, 0.29) is 11.9 Å². The summed E-state index contributed by atoms with van der Waals surface area (Å²) in [7, 11) is -2.04. The summed E-state index contributed by atoms with van der Waals surface area (Å²) in [6.45, 7) is 3.92. The maximum atomic E-state index is 13.7. The molecule has 0 unspecified atom stereocenters. The van der Waals surface area contributed by atoms with E-state index >= 15 is 0 Å². The standard InChI is InChI=1S/C14H21BF2O3/c1-3-4-5-6-7-10(2)20-12-9-8-11(15(18)19)13(16)14(12)17/h8-10,18-19H,3-7H2,1-2H3/t10-/m1/s1. The minimum atomic E-state index is -2.04. The van der Waals surface area contributed by atoms with Crippen molar-refractivity contribution in [3.8, 4) is 5.75 Å². The summed E-state index contributed by atoms with van der Waals surface area (Å²) in [4.78, 5) is 0. The average Bonchev–Trinajstić information content (AvgIpc) is 2.40. The fourth-order valence-corrected chi connectivity index (χ4v) is 1.97. The van der Waals surface area contributed by atoms with Crippen molar-refractivity contribution >= 4 is 12.6 Å². The van der Waals surface area contributed by atoms with E-state index in [1.807, 2.05) is 0 Å². The first-order chi connectivity index (χ1) is 9.47. The zero-order valence-electron chi connectivity index (χ0n) is 11.9. The molecule has 0 aliphatic rings. The second-order valence-corrected chi connectivity index (χ2v) is 4.93. The van der Waals surface area contributed by atoms with Crippen molar-refractivity contribution in [3.63, 3.8) is 0 Å². The summed E-state index contributed by atoms with van der Waals surface area (Å²) in [6.07, 6.45) is 4.92. The van der Waals surface area contributed by atoms with Gasteiger partial charge in [0.05, 0.1) is 6.10 Å². The van der Waals surface area contributed by atoms with Crippen LogP contribution in [-0.2, 0) is 0 Å². The van der Waals surface area contributed by atoms with Crippen LogP contribution in [0.1, 0.15) is 46.0 Å². The van der Waals surface area contributed by atoms with E-state index in [4.69, 9.17) is 14.8 Å². The highest BCUT2D eigenvalue weighted by molar-refractivity contribution is 6.58. The molecule has 0 radical (unpaired) electrons.